The lowest BCUT2D eigenvalue weighted by Gasteiger charge is -2.36. The average molecular weight is 395 g/mol. The summed E-state index contributed by atoms with van der Waals surface area (Å²) in [4.78, 5) is 31.7. The maximum absolute atomic E-state index is 13.2. The Labute approximate surface area is 167 Å². The topological polar surface area (TPSA) is 76.0 Å². The van der Waals surface area contributed by atoms with E-state index in [1.807, 2.05) is 17.5 Å². The van der Waals surface area contributed by atoms with Crippen molar-refractivity contribution in [2.75, 3.05) is 7.11 Å². The van der Waals surface area contributed by atoms with Crippen LogP contribution in [0.4, 0.5) is 0 Å². The van der Waals surface area contributed by atoms with Crippen LogP contribution in [-0.2, 0) is 14.3 Å². The molecule has 4 rings (SSSR count). The van der Waals surface area contributed by atoms with Gasteiger partial charge in [-0.1, -0.05) is 18.2 Å². The summed E-state index contributed by atoms with van der Waals surface area (Å²) in [6, 6.07) is 10.8. The number of ketones is 1. The van der Waals surface area contributed by atoms with Gasteiger partial charge in [0, 0.05) is 40.1 Å². The summed E-state index contributed by atoms with van der Waals surface area (Å²) in [7, 11) is 1.34. The first kappa shape index (κ1) is 18.6. The molecule has 1 aromatic heterocycles. The molecule has 0 fully saturated rings. The van der Waals surface area contributed by atoms with Crippen LogP contribution in [0.5, 0.6) is 5.75 Å². The summed E-state index contributed by atoms with van der Waals surface area (Å²) >= 11 is 1.65. The first-order valence-corrected chi connectivity index (χ1v) is 10.1. The number of aliphatic imine (C=N–C) groups is 1. The highest BCUT2D eigenvalue weighted by molar-refractivity contribution is 7.10. The van der Waals surface area contributed by atoms with Crippen LogP contribution < -0.4 is 0 Å². The van der Waals surface area contributed by atoms with E-state index in [0.717, 1.165) is 11.3 Å². The second-order valence-corrected chi connectivity index (χ2v) is 8.21. The Morgan fingerprint density at radius 3 is 2.75 bits per heavy atom. The Balaban J connectivity index is 1.84. The van der Waals surface area contributed by atoms with Crippen molar-refractivity contribution >= 4 is 28.8 Å². The zero-order valence-corrected chi connectivity index (χ0v) is 16.5. The van der Waals surface area contributed by atoms with Crippen LogP contribution in [-0.4, -0.2) is 29.7 Å². The molecule has 2 aliphatic rings. The SMILES string of the molecule is COC(=O)C1C(C)=NC2=C(C(=O)C[C@H](c3cccs3)C2)[C@H]1c1cccc(O)c1. The molecule has 1 aliphatic heterocycles. The molecule has 144 valence electrons. The standard InChI is InChI=1S/C22H21NO4S/c1-12-19(22(26)27-2)20(13-5-3-6-15(24)9-13)21-16(23-12)10-14(11-17(21)25)18-7-4-8-28-18/h3-9,14,19-20,24H,10-11H2,1-2H3/t14-,19?,20+/m1/s1. The molecule has 3 atom stereocenters. The number of allylic oxidation sites excluding steroid dienone is 2. The molecule has 0 amide bonds. The smallest absolute Gasteiger partial charge is 0.315 e. The zero-order chi connectivity index (χ0) is 19.8. The molecule has 0 radical (unpaired) electrons. The number of Topliss-reactive ketones (excluding diaryl/α,β-unsaturated/α-hetero) is 1. The summed E-state index contributed by atoms with van der Waals surface area (Å²) in [5.41, 5.74) is 2.69. The van der Waals surface area contributed by atoms with Crippen LogP contribution in [0.1, 0.15) is 42.0 Å². The first-order chi connectivity index (χ1) is 13.5. The maximum Gasteiger partial charge on any atom is 0.315 e. The van der Waals surface area contributed by atoms with Gasteiger partial charge < -0.3 is 9.84 Å². The number of methoxy groups -OCH3 is 1. The summed E-state index contributed by atoms with van der Waals surface area (Å²) in [5, 5.41) is 12.0. The van der Waals surface area contributed by atoms with E-state index in [4.69, 9.17) is 4.74 Å². The molecule has 1 aliphatic carbocycles. The molecule has 1 unspecified atom stereocenters. The summed E-state index contributed by atoms with van der Waals surface area (Å²) < 4.78 is 5.02. The van der Waals surface area contributed by atoms with Crippen LogP contribution in [0, 0.1) is 5.92 Å². The van der Waals surface area contributed by atoms with Gasteiger partial charge in [-0.25, -0.2) is 0 Å². The number of benzene rings is 1. The second-order valence-electron chi connectivity index (χ2n) is 7.23. The van der Waals surface area contributed by atoms with Gasteiger partial charge in [-0.15, -0.1) is 11.3 Å². The third kappa shape index (κ3) is 3.18. The Morgan fingerprint density at radius 1 is 1.25 bits per heavy atom. The third-order valence-electron chi connectivity index (χ3n) is 5.52. The van der Waals surface area contributed by atoms with Crippen LogP contribution >= 0.6 is 11.3 Å². The molecular weight excluding hydrogens is 374 g/mol. The largest absolute Gasteiger partial charge is 0.508 e. The number of nitrogens with zero attached hydrogens (tertiary/aromatic N) is 1. The van der Waals surface area contributed by atoms with E-state index >= 15 is 0 Å². The van der Waals surface area contributed by atoms with Crippen molar-refractivity contribution in [3.63, 3.8) is 0 Å². The van der Waals surface area contributed by atoms with Gasteiger partial charge in [-0.2, -0.15) is 0 Å². The van der Waals surface area contributed by atoms with Gasteiger partial charge in [0.25, 0.3) is 0 Å². The molecule has 1 aromatic carbocycles. The molecule has 0 saturated carbocycles. The van der Waals surface area contributed by atoms with Gasteiger partial charge in [-0.05, 0) is 42.5 Å². The molecule has 2 heterocycles. The van der Waals surface area contributed by atoms with E-state index in [-0.39, 0.29) is 17.5 Å². The lowest BCUT2D eigenvalue weighted by molar-refractivity contribution is -0.143. The highest BCUT2D eigenvalue weighted by Gasteiger charge is 2.44. The lowest BCUT2D eigenvalue weighted by Crippen LogP contribution is -2.37. The molecule has 0 saturated heterocycles. The van der Waals surface area contributed by atoms with Crippen LogP contribution in [0.2, 0.25) is 0 Å². The predicted molar refractivity (Wildman–Crippen MR) is 108 cm³/mol. The minimum atomic E-state index is -0.673. The van der Waals surface area contributed by atoms with Crippen molar-refractivity contribution in [3.05, 3.63) is 63.5 Å². The van der Waals surface area contributed by atoms with Crippen molar-refractivity contribution in [1.29, 1.82) is 0 Å². The van der Waals surface area contributed by atoms with Crippen LogP contribution in [0.3, 0.4) is 0 Å². The van der Waals surface area contributed by atoms with E-state index < -0.39 is 17.8 Å². The van der Waals surface area contributed by atoms with Gasteiger partial charge in [0.05, 0.1) is 7.11 Å². The molecule has 28 heavy (non-hydrogen) atoms. The second kappa shape index (κ2) is 7.36. The Morgan fingerprint density at radius 2 is 2.07 bits per heavy atom. The van der Waals surface area contributed by atoms with Crippen molar-refractivity contribution in [3.8, 4) is 5.75 Å². The van der Waals surface area contributed by atoms with Gasteiger partial charge in [0.15, 0.2) is 5.78 Å². The average Bonchev–Trinajstić information content (AvgIpc) is 3.21. The molecule has 2 aromatic rings. The quantitative estimate of drug-likeness (QED) is 0.790. The maximum atomic E-state index is 13.2. The molecule has 1 N–H and O–H groups in total. The minimum Gasteiger partial charge on any atom is -0.508 e. The van der Waals surface area contributed by atoms with Gasteiger partial charge in [0.1, 0.15) is 11.7 Å². The van der Waals surface area contributed by atoms with Gasteiger partial charge in [-0.3, -0.25) is 14.6 Å². The molecule has 0 spiro atoms. The predicted octanol–water partition coefficient (Wildman–Crippen LogP) is 4.20. The fourth-order valence-electron chi connectivity index (χ4n) is 4.30. The number of carbonyl (C=O) groups excluding carboxylic acids is 2. The van der Waals surface area contributed by atoms with Crippen molar-refractivity contribution in [1.82, 2.24) is 0 Å². The monoisotopic (exact) mass is 395 g/mol. The van der Waals surface area contributed by atoms with Crippen molar-refractivity contribution < 1.29 is 19.4 Å². The van der Waals surface area contributed by atoms with E-state index in [0.29, 0.717) is 24.1 Å². The Bertz CT molecular complexity index is 990. The highest BCUT2D eigenvalue weighted by Crippen LogP contribution is 2.47. The zero-order valence-electron chi connectivity index (χ0n) is 15.7. The third-order valence-corrected chi connectivity index (χ3v) is 6.55. The van der Waals surface area contributed by atoms with Crippen molar-refractivity contribution in [2.24, 2.45) is 10.9 Å². The highest BCUT2D eigenvalue weighted by atomic mass is 32.1. The molecule has 6 heteroatoms. The number of phenolic OH excluding ortho intramolecular Hbond substituents is 1. The summed E-state index contributed by atoms with van der Waals surface area (Å²) in [6.07, 6.45) is 1.07. The first-order valence-electron chi connectivity index (χ1n) is 9.21. The number of ether oxygens (including phenoxy) is 1. The van der Waals surface area contributed by atoms with Crippen molar-refractivity contribution in [2.45, 2.75) is 31.6 Å². The minimum absolute atomic E-state index is 0.0122. The number of carbonyl (C=O) groups is 2. The number of phenols is 1. The van der Waals surface area contributed by atoms with Crippen LogP contribution in [0.15, 0.2) is 58.0 Å². The fourth-order valence-corrected chi connectivity index (χ4v) is 5.13. The molecule has 5 nitrogen and oxygen atoms in total. The van der Waals surface area contributed by atoms with Gasteiger partial charge >= 0.3 is 5.97 Å². The number of hydrogen-bond acceptors (Lipinski definition) is 6. The summed E-state index contributed by atoms with van der Waals surface area (Å²) in [5.74, 6) is -1.37. The molecule has 0 bridgehead atoms. The number of esters is 1. The van der Waals surface area contributed by atoms with Crippen LogP contribution in [0.25, 0.3) is 0 Å². The van der Waals surface area contributed by atoms with E-state index in [1.54, 1.807) is 36.5 Å². The van der Waals surface area contributed by atoms with Gasteiger partial charge in [0.2, 0.25) is 0 Å². The van der Waals surface area contributed by atoms with E-state index in [2.05, 4.69) is 11.1 Å². The Hall–Kier alpha value is -2.73. The van der Waals surface area contributed by atoms with E-state index in [9.17, 15) is 14.7 Å². The molecular formula is C22H21NO4S. The number of aromatic hydroxyl groups is 1. The summed E-state index contributed by atoms with van der Waals surface area (Å²) in [6.45, 7) is 1.81. The number of thiophene rings is 1. The normalized spacial score (nSPS) is 24.6. The fraction of sp³-hybridized carbons (Fsp3) is 0.318. The number of rotatable bonds is 3. The number of hydrogen-bond donors (Lipinski definition) is 1. The Kier molecular flexibility index (Phi) is 4.89. The lowest BCUT2D eigenvalue weighted by atomic mass is 9.70. The van der Waals surface area contributed by atoms with E-state index in [1.165, 1.54) is 12.0 Å².